The number of carbonyl (C=O) groups is 1. The molecule has 1 aromatic heterocycles. The third-order valence-electron chi connectivity index (χ3n) is 3.27. The van der Waals surface area contributed by atoms with Crippen molar-refractivity contribution in [2.75, 3.05) is 0 Å². The molecule has 3 rings (SSSR count). The number of halogens is 2. The summed E-state index contributed by atoms with van der Waals surface area (Å²) in [6.45, 7) is 0.656. The molecule has 0 amide bonds. The lowest BCUT2D eigenvalue weighted by Gasteiger charge is -2.07. The van der Waals surface area contributed by atoms with Crippen LogP contribution in [0.2, 0.25) is 0 Å². The first kappa shape index (κ1) is 13.1. The molecule has 0 bridgehead atoms. The zero-order valence-corrected chi connectivity index (χ0v) is 12.1. The molecule has 0 unspecified atom stereocenters. The highest BCUT2D eigenvalue weighted by molar-refractivity contribution is 9.10. The standard InChI is InChI=1S/C16H11BrFNO/c17-14-8-11(1-3-15(14)18)9-19-6-5-13-7-12(10-20)2-4-16(13)19/h1-8,10H,9H2. The van der Waals surface area contributed by atoms with Gasteiger partial charge in [0.1, 0.15) is 12.1 Å². The summed E-state index contributed by atoms with van der Waals surface area (Å²) in [7, 11) is 0. The predicted octanol–water partition coefficient (Wildman–Crippen LogP) is 4.40. The SMILES string of the molecule is O=Cc1ccc2c(ccn2Cc2ccc(F)c(Br)c2)c1. The maximum absolute atomic E-state index is 13.2. The van der Waals surface area contributed by atoms with E-state index in [-0.39, 0.29) is 5.82 Å². The number of rotatable bonds is 3. The topological polar surface area (TPSA) is 22.0 Å². The first-order valence-corrected chi connectivity index (χ1v) is 6.95. The second-order valence-electron chi connectivity index (χ2n) is 4.63. The molecule has 0 aliphatic carbocycles. The van der Waals surface area contributed by atoms with Crippen LogP contribution in [0.25, 0.3) is 10.9 Å². The van der Waals surface area contributed by atoms with Crippen LogP contribution in [0.3, 0.4) is 0 Å². The lowest BCUT2D eigenvalue weighted by atomic mass is 10.2. The fourth-order valence-corrected chi connectivity index (χ4v) is 2.69. The Morgan fingerprint density at radius 3 is 2.75 bits per heavy atom. The van der Waals surface area contributed by atoms with Crippen LogP contribution in [-0.4, -0.2) is 10.9 Å². The highest BCUT2D eigenvalue weighted by Crippen LogP contribution is 2.21. The van der Waals surface area contributed by atoms with E-state index in [1.54, 1.807) is 18.2 Å². The lowest BCUT2D eigenvalue weighted by Crippen LogP contribution is -1.98. The van der Waals surface area contributed by atoms with Crippen LogP contribution < -0.4 is 0 Å². The van der Waals surface area contributed by atoms with E-state index in [2.05, 4.69) is 20.5 Å². The van der Waals surface area contributed by atoms with Gasteiger partial charge in [0.2, 0.25) is 0 Å². The van der Waals surface area contributed by atoms with Crippen molar-refractivity contribution >= 4 is 33.1 Å². The molecule has 2 nitrogen and oxygen atoms in total. The molecule has 1 heterocycles. The number of nitrogens with zero attached hydrogens (tertiary/aromatic N) is 1. The van der Waals surface area contributed by atoms with Crippen LogP contribution in [0.4, 0.5) is 4.39 Å². The van der Waals surface area contributed by atoms with Crippen molar-refractivity contribution in [3.8, 4) is 0 Å². The quantitative estimate of drug-likeness (QED) is 0.652. The Morgan fingerprint density at radius 1 is 1.15 bits per heavy atom. The largest absolute Gasteiger partial charge is 0.343 e. The van der Waals surface area contributed by atoms with E-state index in [1.165, 1.54) is 6.07 Å². The summed E-state index contributed by atoms with van der Waals surface area (Å²) >= 11 is 3.20. The Morgan fingerprint density at radius 2 is 2.00 bits per heavy atom. The Labute approximate surface area is 124 Å². The highest BCUT2D eigenvalue weighted by atomic mass is 79.9. The maximum atomic E-state index is 13.2. The Hall–Kier alpha value is -1.94. The van der Waals surface area contributed by atoms with E-state index in [0.29, 0.717) is 16.6 Å². The number of aldehydes is 1. The van der Waals surface area contributed by atoms with Gasteiger partial charge in [0.15, 0.2) is 0 Å². The summed E-state index contributed by atoms with van der Waals surface area (Å²) in [5, 5.41) is 1.02. The highest BCUT2D eigenvalue weighted by Gasteiger charge is 2.05. The molecule has 4 heteroatoms. The molecule has 0 spiro atoms. The van der Waals surface area contributed by atoms with Gasteiger partial charge in [-0.1, -0.05) is 6.07 Å². The van der Waals surface area contributed by atoms with Crippen LogP contribution in [0, 0.1) is 5.82 Å². The second-order valence-corrected chi connectivity index (χ2v) is 5.48. The molecule has 0 saturated heterocycles. The monoisotopic (exact) mass is 331 g/mol. The van der Waals surface area contributed by atoms with Gasteiger partial charge in [-0.2, -0.15) is 0 Å². The average Bonchev–Trinajstić information content (AvgIpc) is 2.85. The van der Waals surface area contributed by atoms with Crippen molar-refractivity contribution in [1.82, 2.24) is 4.57 Å². The Bertz CT molecular complexity index is 794. The van der Waals surface area contributed by atoms with Crippen LogP contribution in [0.15, 0.2) is 53.1 Å². The summed E-state index contributed by atoms with van der Waals surface area (Å²) in [6.07, 6.45) is 2.81. The van der Waals surface area contributed by atoms with Gasteiger partial charge in [0.25, 0.3) is 0 Å². The van der Waals surface area contributed by atoms with E-state index in [9.17, 15) is 9.18 Å². The third kappa shape index (κ3) is 2.39. The van der Waals surface area contributed by atoms with Gasteiger partial charge in [-0.05, 0) is 57.9 Å². The van der Waals surface area contributed by atoms with Gasteiger partial charge in [-0.15, -0.1) is 0 Å². The van der Waals surface area contributed by atoms with Crippen LogP contribution in [0.1, 0.15) is 15.9 Å². The van der Waals surface area contributed by atoms with E-state index in [1.807, 2.05) is 24.4 Å². The maximum Gasteiger partial charge on any atom is 0.150 e. The minimum atomic E-state index is -0.262. The van der Waals surface area contributed by atoms with Gasteiger partial charge < -0.3 is 4.57 Å². The molecule has 0 aliphatic heterocycles. The molecule has 3 aromatic rings. The zero-order valence-electron chi connectivity index (χ0n) is 10.5. The van der Waals surface area contributed by atoms with Crippen molar-refractivity contribution in [2.24, 2.45) is 0 Å². The molecular weight excluding hydrogens is 321 g/mol. The third-order valence-corrected chi connectivity index (χ3v) is 3.88. The van der Waals surface area contributed by atoms with E-state index in [4.69, 9.17) is 0 Å². The number of fused-ring (bicyclic) bond motifs is 1. The molecular formula is C16H11BrFNO. The molecule has 0 radical (unpaired) electrons. The van der Waals surface area contributed by atoms with Gasteiger partial charge in [-0.3, -0.25) is 4.79 Å². The number of hydrogen-bond acceptors (Lipinski definition) is 1. The molecule has 0 fully saturated rings. The number of carbonyl (C=O) groups excluding carboxylic acids is 1. The fourth-order valence-electron chi connectivity index (χ4n) is 2.26. The molecule has 0 atom stereocenters. The van der Waals surface area contributed by atoms with Gasteiger partial charge >= 0.3 is 0 Å². The summed E-state index contributed by atoms with van der Waals surface area (Å²) in [5.41, 5.74) is 2.73. The van der Waals surface area contributed by atoms with Crippen molar-refractivity contribution < 1.29 is 9.18 Å². The van der Waals surface area contributed by atoms with Crippen molar-refractivity contribution in [2.45, 2.75) is 6.54 Å². The molecule has 2 aromatic carbocycles. The average molecular weight is 332 g/mol. The summed E-state index contributed by atoms with van der Waals surface area (Å²) < 4.78 is 15.8. The molecule has 20 heavy (non-hydrogen) atoms. The molecule has 0 N–H and O–H groups in total. The Kier molecular flexibility index (Phi) is 3.40. The van der Waals surface area contributed by atoms with Crippen molar-refractivity contribution in [3.63, 3.8) is 0 Å². The van der Waals surface area contributed by atoms with Crippen LogP contribution in [-0.2, 0) is 6.54 Å². The normalized spacial score (nSPS) is 10.9. The van der Waals surface area contributed by atoms with Gasteiger partial charge in [0, 0.05) is 29.2 Å². The number of benzene rings is 2. The fraction of sp³-hybridized carbons (Fsp3) is 0.0625. The number of aromatic nitrogens is 1. The van der Waals surface area contributed by atoms with E-state index in [0.717, 1.165) is 22.8 Å². The minimum absolute atomic E-state index is 0.262. The molecule has 0 saturated carbocycles. The summed E-state index contributed by atoms with van der Waals surface area (Å²) in [6, 6.07) is 12.6. The van der Waals surface area contributed by atoms with Crippen LogP contribution in [0.5, 0.6) is 0 Å². The molecule has 0 aliphatic rings. The molecule has 100 valence electrons. The second kappa shape index (κ2) is 5.21. The first-order chi connectivity index (χ1) is 9.67. The summed E-state index contributed by atoms with van der Waals surface area (Å²) in [4.78, 5) is 10.8. The predicted molar refractivity (Wildman–Crippen MR) is 80.5 cm³/mol. The zero-order chi connectivity index (χ0) is 14.1. The van der Waals surface area contributed by atoms with Gasteiger partial charge in [0.05, 0.1) is 4.47 Å². The minimum Gasteiger partial charge on any atom is -0.343 e. The van der Waals surface area contributed by atoms with Gasteiger partial charge in [-0.25, -0.2) is 4.39 Å². The van der Waals surface area contributed by atoms with E-state index < -0.39 is 0 Å². The number of hydrogen-bond donors (Lipinski definition) is 0. The van der Waals surface area contributed by atoms with Crippen molar-refractivity contribution in [3.05, 3.63) is 70.1 Å². The van der Waals surface area contributed by atoms with Crippen molar-refractivity contribution in [1.29, 1.82) is 0 Å². The van der Waals surface area contributed by atoms with Crippen LogP contribution >= 0.6 is 15.9 Å². The smallest absolute Gasteiger partial charge is 0.150 e. The first-order valence-electron chi connectivity index (χ1n) is 6.15. The lowest BCUT2D eigenvalue weighted by molar-refractivity contribution is 0.112. The Balaban J connectivity index is 1.98. The summed E-state index contributed by atoms with van der Waals surface area (Å²) in [5.74, 6) is -0.262. The van der Waals surface area contributed by atoms with E-state index >= 15 is 0 Å².